The molecule has 0 aromatic rings. The highest BCUT2D eigenvalue weighted by Gasteiger charge is 2.45. The van der Waals surface area contributed by atoms with Crippen LogP contribution in [0.15, 0.2) is 0 Å². The summed E-state index contributed by atoms with van der Waals surface area (Å²) < 4.78 is 0. The average molecular weight is 624 g/mol. The van der Waals surface area contributed by atoms with E-state index in [1.165, 1.54) is 128 Å². The van der Waals surface area contributed by atoms with Gasteiger partial charge in [0.15, 0.2) is 11.5 Å². The van der Waals surface area contributed by atoms with E-state index in [-0.39, 0.29) is 23.9 Å². The molecular weight excluding hydrogens is 546 g/mol. The molecule has 44 heavy (non-hydrogen) atoms. The Bertz CT molecular complexity index is 667. The van der Waals surface area contributed by atoms with Crippen molar-refractivity contribution in [2.24, 2.45) is 11.8 Å². The van der Waals surface area contributed by atoms with E-state index in [2.05, 4.69) is 19.2 Å². The van der Waals surface area contributed by atoms with Gasteiger partial charge in [-0.05, 0) is 18.8 Å². The lowest BCUT2D eigenvalue weighted by atomic mass is 9.85. The van der Waals surface area contributed by atoms with Crippen molar-refractivity contribution in [1.82, 2.24) is 5.32 Å². The molecule has 3 atom stereocenters. The second-order valence-corrected chi connectivity index (χ2v) is 14.2. The predicted molar refractivity (Wildman–Crippen MR) is 189 cm³/mol. The molecule has 0 heterocycles. The van der Waals surface area contributed by atoms with E-state index in [1.54, 1.807) is 6.92 Å². The van der Waals surface area contributed by atoms with Crippen molar-refractivity contribution in [1.29, 1.82) is 0 Å². The first kappa shape index (κ1) is 43.2. The fourth-order valence-electron chi connectivity index (χ4n) is 6.10. The molecule has 0 bridgehead atoms. The molecule has 5 nitrogen and oxygen atoms in total. The van der Waals surface area contributed by atoms with Crippen molar-refractivity contribution in [3.05, 3.63) is 0 Å². The maximum atomic E-state index is 13.3. The fraction of sp³-hybridized carbons (Fsp3) is 0.949. The van der Waals surface area contributed by atoms with Gasteiger partial charge in [0.2, 0.25) is 0 Å². The zero-order valence-electron chi connectivity index (χ0n) is 30.2. The van der Waals surface area contributed by atoms with Crippen LogP contribution in [0.25, 0.3) is 0 Å². The van der Waals surface area contributed by atoms with Gasteiger partial charge in [-0.3, -0.25) is 14.9 Å². The number of carbonyl (C=O) groups is 2. The van der Waals surface area contributed by atoms with E-state index >= 15 is 0 Å². The molecule has 0 radical (unpaired) electrons. The van der Waals surface area contributed by atoms with Gasteiger partial charge in [-0.25, -0.2) is 0 Å². The second-order valence-electron chi connectivity index (χ2n) is 14.2. The van der Waals surface area contributed by atoms with Gasteiger partial charge in [0.05, 0.1) is 5.92 Å². The van der Waals surface area contributed by atoms with Crippen LogP contribution >= 0.6 is 0 Å². The lowest BCUT2D eigenvalue weighted by Crippen LogP contribution is -2.62. The molecule has 5 heteroatoms. The van der Waals surface area contributed by atoms with Gasteiger partial charge in [0.25, 0.3) is 0 Å². The minimum absolute atomic E-state index is 0.0993. The number of unbranched alkanes of at least 4 members (excludes halogenated alkanes) is 24. The monoisotopic (exact) mass is 624 g/mol. The third-order valence-corrected chi connectivity index (χ3v) is 9.57. The molecule has 0 rings (SSSR count). The quantitative estimate of drug-likeness (QED) is 0.0490. The van der Waals surface area contributed by atoms with Gasteiger partial charge in [-0.2, -0.15) is 0 Å². The zero-order valence-corrected chi connectivity index (χ0v) is 30.2. The van der Waals surface area contributed by atoms with Crippen LogP contribution in [-0.2, 0) is 9.59 Å². The second kappa shape index (κ2) is 29.6. The van der Waals surface area contributed by atoms with Crippen molar-refractivity contribution < 1.29 is 19.8 Å². The molecule has 0 saturated heterocycles. The summed E-state index contributed by atoms with van der Waals surface area (Å²) in [5, 5.41) is 24.7. The summed E-state index contributed by atoms with van der Waals surface area (Å²) in [4.78, 5) is 26.4. The zero-order chi connectivity index (χ0) is 32.9. The number of aliphatic hydroxyl groups excluding tert-OH is 1. The largest absolute Gasteiger partial charge is 0.378 e. The van der Waals surface area contributed by atoms with Crippen LogP contribution in [0.4, 0.5) is 0 Å². The van der Waals surface area contributed by atoms with E-state index in [0.717, 1.165) is 32.1 Å². The third kappa shape index (κ3) is 22.7. The molecule has 262 valence electrons. The molecule has 0 saturated carbocycles. The Morgan fingerprint density at radius 3 is 1.14 bits per heavy atom. The molecular formula is C39H77NO4. The molecule has 0 amide bonds. The lowest BCUT2D eigenvalue weighted by molar-refractivity contribution is -0.161. The van der Waals surface area contributed by atoms with Crippen molar-refractivity contribution in [3.8, 4) is 0 Å². The minimum Gasteiger partial charge on any atom is -0.378 e. The van der Waals surface area contributed by atoms with Crippen LogP contribution in [0.1, 0.15) is 214 Å². The summed E-state index contributed by atoms with van der Waals surface area (Å²) in [6.07, 6.45) is 31.7. The number of nitrogens with one attached hydrogen (secondary N) is 1. The molecule has 3 N–H and O–H groups in total. The molecule has 0 fully saturated rings. The van der Waals surface area contributed by atoms with Crippen LogP contribution in [0.2, 0.25) is 0 Å². The molecule has 0 aliphatic carbocycles. The van der Waals surface area contributed by atoms with Crippen LogP contribution in [0.3, 0.4) is 0 Å². The van der Waals surface area contributed by atoms with E-state index in [1.807, 2.05) is 13.8 Å². The average Bonchev–Trinajstić information content (AvgIpc) is 3.00. The Labute approximate surface area is 274 Å². The van der Waals surface area contributed by atoms with Gasteiger partial charge < -0.3 is 10.2 Å². The van der Waals surface area contributed by atoms with Crippen LogP contribution < -0.4 is 5.32 Å². The van der Waals surface area contributed by atoms with Gasteiger partial charge in [-0.1, -0.05) is 189 Å². The van der Waals surface area contributed by atoms with Gasteiger partial charge in [0, 0.05) is 12.8 Å². The Balaban J connectivity index is 4.32. The predicted octanol–water partition coefficient (Wildman–Crippen LogP) is 11.0. The highest BCUT2D eigenvalue weighted by molar-refractivity contribution is 5.94. The van der Waals surface area contributed by atoms with Crippen molar-refractivity contribution in [3.63, 3.8) is 0 Å². The van der Waals surface area contributed by atoms with E-state index in [0.29, 0.717) is 12.8 Å². The van der Waals surface area contributed by atoms with Crippen LogP contribution in [0.5, 0.6) is 0 Å². The Hall–Kier alpha value is -0.780. The normalized spacial score (nSPS) is 14.5. The van der Waals surface area contributed by atoms with Gasteiger partial charge in [-0.15, -0.1) is 0 Å². The van der Waals surface area contributed by atoms with E-state index < -0.39 is 17.9 Å². The summed E-state index contributed by atoms with van der Waals surface area (Å²) in [5.41, 5.74) is -2.02. The molecule has 3 unspecified atom stereocenters. The number of ketones is 2. The summed E-state index contributed by atoms with van der Waals surface area (Å²) in [7, 11) is 0. The maximum Gasteiger partial charge on any atom is 0.187 e. The number of hydrogen-bond donors (Lipinski definition) is 3. The van der Waals surface area contributed by atoms with Gasteiger partial charge in [0.1, 0.15) is 12.0 Å². The number of carbonyl (C=O) groups excluding carboxylic acids is 2. The maximum absolute atomic E-state index is 13.3. The van der Waals surface area contributed by atoms with E-state index in [9.17, 15) is 19.8 Å². The van der Waals surface area contributed by atoms with Crippen LogP contribution in [0, 0.1) is 11.8 Å². The first-order valence-corrected chi connectivity index (χ1v) is 19.4. The van der Waals surface area contributed by atoms with Crippen molar-refractivity contribution in [2.45, 2.75) is 226 Å². The highest BCUT2D eigenvalue weighted by atomic mass is 16.3. The fourth-order valence-corrected chi connectivity index (χ4v) is 6.10. The third-order valence-electron chi connectivity index (χ3n) is 9.57. The topological polar surface area (TPSA) is 86.6 Å². The standard InChI is InChI=1S/C39H77NO4/c1-6-8-10-12-14-16-18-20-22-24-26-28-30-32-36(41)35(5)39(44,40-38(43)34(3)4)37(42)33-31-29-27-25-23-21-19-17-15-13-11-9-7-2/h34-35,38,40,43-44H,6-33H2,1-5H3. The highest BCUT2D eigenvalue weighted by Crippen LogP contribution is 2.24. The molecule has 0 aromatic heterocycles. The minimum atomic E-state index is -2.02. The molecule has 0 aliphatic heterocycles. The van der Waals surface area contributed by atoms with Gasteiger partial charge >= 0.3 is 0 Å². The molecule has 0 aromatic carbocycles. The number of Topliss-reactive ketones (excluding diaryl/α,β-unsaturated/α-hetero) is 2. The Morgan fingerprint density at radius 1 is 0.523 bits per heavy atom. The lowest BCUT2D eigenvalue weighted by Gasteiger charge is -2.36. The first-order valence-electron chi connectivity index (χ1n) is 19.4. The summed E-state index contributed by atoms with van der Waals surface area (Å²) in [5.74, 6) is -1.54. The van der Waals surface area contributed by atoms with Crippen LogP contribution in [-0.4, -0.2) is 33.7 Å². The smallest absolute Gasteiger partial charge is 0.187 e. The first-order chi connectivity index (χ1) is 21.2. The Kier molecular flexibility index (Phi) is 29.1. The number of rotatable bonds is 34. The number of hydrogen-bond acceptors (Lipinski definition) is 5. The van der Waals surface area contributed by atoms with E-state index in [4.69, 9.17) is 0 Å². The number of aliphatic hydroxyl groups is 2. The molecule has 0 spiro atoms. The summed E-state index contributed by atoms with van der Waals surface area (Å²) in [6, 6.07) is 0. The SMILES string of the molecule is CCCCCCCCCCCCCCCC(=O)C(C)C(O)(NC(O)C(C)C)C(=O)CCCCCCCCCCCCCCC. The molecule has 0 aliphatic rings. The summed E-state index contributed by atoms with van der Waals surface area (Å²) >= 11 is 0. The summed E-state index contributed by atoms with van der Waals surface area (Å²) in [6.45, 7) is 9.82. The Morgan fingerprint density at radius 2 is 0.818 bits per heavy atom. The van der Waals surface area contributed by atoms with Crippen molar-refractivity contribution >= 4 is 11.6 Å². The van der Waals surface area contributed by atoms with Crippen molar-refractivity contribution in [2.75, 3.05) is 0 Å².